The Balaban J connectivity index is 1.42. The fourth-order valence-electron chi connectivity index (χ4n) is 3.11. The zero-order chi connectivity index (χ0) is 18.1. The summed E-state index contributed by atoms with van der Waals surface area (Å²) >= 11 is 1.28. The van der Waals surface area contributed by atoms with Crippen LogP contribution >= 0.6 is 11.3 Å². The molecule has 1 aromatic heterocycles. The first kappa shape index (κ1) is 16.9. The molecule has 1 saturated heterocycles. The number of halogens is 2. The van der Waals surface area contributed by atoms with Gasteiger partial charge in [0.25, 0.3) is 0 Å². The Morgan fingerprint density at radius 3 is 2.54 bits per heavy atom. The van der Waals surface area contributed by atoms with Crippen molar-refractivity contribution in [3.05, 3.63) is 59.7 Å². The van der Waals surface area contributed by atoms with Crippen molar-refractivity contribution in [1.82, 2.24) is 9.88 Å². The topological polar surface area (TPSA) is 36.4 Å². The molecule has 0 N–H and O–H groups in total. The van der Waals surface area contributed by atoms with Crippen molar-refractivity contribution in [2.45, 2.75) is 6.42 Å². The number of amides is 1. The van der Waals surface area contributed by atoms with Crippen LogP contribution in [0.2, 0.25) is 0 Å². The van der Waals surface area contributed by atoms with Gasteiger partial charge in [-0.25, -0.2) is 13.8 Å². The summed E-state index contributed by atoms with van der Waals surface area (Å²) in [4.78, 5) is 20.6. The third kappa shape index (κ3) is 3.39. The van der Waals surface area contributed by atoms with Crippen LogP contribution in [0.4, 0.5) is 13.9 Å². The Hall–Kier alpha value is -2.54. The second kappa shape index (κ2) is 6.99. The van der Waals surface area contributed by atoms with Crippen LogP contribution in [0.5, 0.6) is 0 Å². The molecule has 1 aliphatic rings. The summed E-state index contributed by atoms with van der Waals surface area (Å²) in [7, 11) is 0. The van der Waals surface area contributed by atoms with Crippen LogP contribution in [0, 0.1) is 11.6 Å². The molecule has 0 unspecified atom stereocenters. The van der Waals surface area contributed by atoms with Crippen molar-refractivity contribution in [3.8, 4) is 0 Å². The minimum absolute atomic E-state index is 0.105. The van der Waals surface area contributed by atoms with E-state index in [1.54, 1.807) is 0 Å². The number of aromatic nitrogens is 1. The number of fused-ring (bicyclic) bond motifs is 1. The number of anilines is 1. The lowest BCUT2D eigenvalue weighted by Gasteiger charge is -2.34. The largest absolute Gasteiger partial charge is 0.345 e. The number of piperazine rings is 1. The van der Waals surface area contributed by atoms with Crippen molar-refractivity contribution in [2.24, 2.45) is 0 Å². The summed E-state index contributed by atoms with van der Waals surface area (Å²) in [5, 5.41) is 0.666. The second-order valence-corrected chi connectivity index (χ2v) is 7.27. The quantitative estimate of drug-likeness (QED) is 0.705. The van der Waals surface area contributed by atoms with E-state index in [9.17, 15) is 13.6 Å². The highest BCUT2D eigenvalue weighted by atomic mass is 32.1. The van der Waals surface area contributed by atoms with E-state index < -0.39 is 11.6 Å². The average Bonchev–Trinajstić information content (AvgIpc) is 3.07. The molecule has 0 bridgehead atoms. The molecule has 0 atom stereocenters. The highest BCUT2D eigenvalue weighted by Crippen LogP contribution is 2.31. The lowest BCUT2D eigenvalue weighted by Crippen LogP contribution is -2.49. The molecule has 2 heterocycles. The predicted octanol–water partition coefficient (Wildman–Crippen LogP) is 3.47. The molecule has 1 aliphatic heterocycles. The molecule has 7 heteroatoms. The van der Waals surface area contributed by atoms with E-state index in [0.717, 1.165) is 11.6 Å². The van der Waals surface area contributed by atoms with Crippen LogP contribution in [-0.4, -0.2) is 42.0 Å². The van der Waals surface area contributed by atoms with Gasteiger partial charge in [0.1, 0.15) is 11.3 Å². The fraction of sp³-hybridized carbons (Fsp3) is 0.263. The van der Waals surface area contributed by atoms with Crippen LogP contribution in [0.3, 0.4) is 0 Å². The van der Waals surface area contributed by atoms with E-state index in [4.69, 9.17) is 0 Å². The van der Waals surface area contributed by atoms with Gasteiger partial charge in [-0.3, -0.25) is 4.79 Å². The van der Waals surface area contributed by atoms with Crippen LogP contribution in [0.25, 0.3) is 10.2 Å². The zero-order valence-corrected chi connectivity index (χ0v) is 14.8. The lowest BCUT2D eigenvalue weighted by atomic mass is 10.1. The zero-order valence-electron chi connectivity index (χ0n) is 14.0. The third-order valence-corrected chi connectivity index (χ3v) is 5.57. The number of nitrogens with zero attached hydrogens (tertiary/aromatic N) is 3. The van der Waals surface area contributed by atoms with Gasteiger partial charge in [0, 0.05) is 32.2 Å². The van der Waals surface area contributed by atoms with Gasteiger partial charge in [-0.1, -0.05) is 41.7 Å². The van der Waals surface area contributed by atoms with Crippen LogP contribution in [0.15, 0.2) is 42.5 Å². The fourth-order valence-corrected chi connectivity index (χ4v) is 4.17. The Morgan fingerprint density at radius 1 is 1.08 bits per heavy atom. The molecule has 1 amide bonds. The molecule has 134 valence electrons. The Labute approximate surface area is 153 Å². The Morgan fingerprint density at radius 2 is 1.81 bits per heavy atom. The molecule has 26 heavy (non-hydrogen) atoms. The maximum Gasteiger partial charge on any atom is 0.227 e. The molecular formula is C19H17F2N3OS. The normalized spacial score (nSPS) is 14.8. The van der Waals surface area contributed by atoms with Crippen molar-refractivity contribution in [1.29, 1.82) is 0 Å². The molecule has 1 fully saturated rings. The van der Waals surface area contributed by atoms with E-state index in [1.165, 1.54) is 17.4 Å². The number of carbonyl (C=O) groups is 1. The van der Waals surface area contributed by atoms with E-state index in [0.29, 0.717) is 42.4 Å². The van der Waals surface area contributed by atoms with E-state index >= 15 is 0 Å². The monoisotopic (exact) mass is 373 g/mol. The van der Waals surface area contributed by atoms with Gasteiger partial charge in [0.15, 0.2) is 10.9 Å². The van der Waals surface area contributed by atoms with Gasteiger partial charge in [-0.2, -0.15) is 0 Å². The van der Waals surface area contributed by atoms with Gasteiger partial charge in [-0.05, 0) is 11.6 Å². The highest BCUT2D eigenvalue weighted by molar-refractivity contribution is 7.22. The third-order valence-electron chi connectivity index (χ3n) is 4.50. The first-order chi connectivity index (χ1) is 12.6. The molecule has 4 rings (SSSR count). The smallest absolute Gasteiger partial charge is 0.227 e. The maximum absolute atomic E-state index is 13.8. The SMILES string of the molecule is O=C(Cc1ccccc1)N1CCN(c2nc3c(F)cc(F)cc3s2)CC1. The summed E-state index contributed by atoms with van der Waals surface area (Å²) in [6, 6.07) is 11.8. The summed E-state index contributed by atoms with van der Waals surface area (Å²) in [5.74, 6) is -1.13. The predicted molar refractivity (Wildman–Crippen MR) is 98.5 cm³/mol. The van der Waals surface area contributed by atoms with Crippen LogP contribution < -0.4 is 4.90 Å². The van der Waals surface area contributed by atoms with Crippen LogP contribution in [-0.2, 0) is 11.2 Å². The Bertz CT molecular complexity index is 937. The first-order valence-electron chi connectivity index (χ1n) is 8.42. The van der Waals surface area contributed by atoms with Crippen molar-refractivity contribution >= 4 is 32.6 Å². The molecule has 2 aromatic carbocycles. The minimum Gasteiger partial charge on any atom is -0.345 e. The van der Waals surface area contributed by atoms with Gasteiger partial charge in [0.2, 0.25) is 5.91 Å². The summed E-state index contributed by atoms with van der Waals surface area (Å²) in [5.41, 5.74) is 1.21. The summed E-state index contributed by atoms with van der Waals surface area (Å²) < 4.78 is 27.7. The number of thiazole rings is 1. The number of rotatable bonds is 3. The van der Waals surface area contributed by atoms with E-state index in [2.05, 4.69) is 4.98 Å². The number of carbonyl (C=O) groups excluding carboxylic acids is 1. The standard InChI is InChI=1S/C19H17F2N3OS/c20-14-11-15(21)18-16(12-14)26-19(22-18)24-8-6-23(7-9-24)17(25)10-13-4-2-1-3-5-13/h1-5,11-12H,6-10H2. The number of hydrogen-bond donors (Lipinski definition) is 0. The van der Waals surface area contributed by atoms with Crippen molar-refractivity contribution < 1.29 is 13.6 Å². The second-order valence-electron chi connectivity index (χ2n) is 6.26. The summed E-state index contributed by atoms with van der Waals surface area (Å²) in [6.07, 6.45) is 0.395. The highest BCUT2D eigenvalue weighted by Gasteiger charge is 2.23. The number of hydrogen-bond acceptors (Lipinski definition) is 4. The Kier molecular flexibility index (Phi) is 4.55. The lowest BCUT2D eigenvalue weighted by molar-refractivity contribution is -0.130. The van der Waals surface area contributed by atoms with Crippen LogP contribution in [0.1, 0.15) is 5.56 Å². The van der Waals surface area contributed by atoms with Crippen molar-refractivity contribution in [2.75, 3.05) is 31.1 Å². The average molecular weight is 373 g/mol. The molecule has 4 nitrogen and oxygen atoms in total. The van der Waals surface area contributed by atoms with Gasteiger partial charge < -0.3 is 9.80 Å². The number of benzene rings is 2. The molecule has 0 radical (unpaired) electrons. The molecular weight excluding hydrogens is 356 g/mol. The molecule has 3 aromatic rings. The van der Waals surface area contributed by atoms with E-state index in [-0.39, 0.29) is 11.4 Å². The van der Waals surface area contributed by atoms with Gasteiger partial charge in [0.05, 0.1) is 11.1 Å². The summed E-state index contributed by atoms with van der Waals surface area (Å²) in [6.45, 7) is 2.45. The van der Waals surface area contributed by atoms with E-state index in [1.807, 2.05) is 40.1 Å². The first-order valence-corrected chi connectivity index (χ1v) is 9.24. The molecule has 0 spiro atoms. The molecule has 0 aliphatic carbocycles. The maximum atomic E-state index is 13.8. The van der Waals surface area contributed by atoms with Gasteiger partial charge >= 0.3 is 0 Å². The van der Waals surface area contributed by atoms with Crippen molar-refractivity contribution in [3.63, 3.8) is 0 Å². The minimum atomic E-state index is -0.640. The van der Waals surface area contributed by atoms with Gasteiger partial charge in [-0.15, -0.1) is 0 Å². The molecule has 0 saturated carbocycles.